The van der Waals surface area contributed by atoms with E-state index in [0.717, 1.165) is 18.8 Å². The monoisotopic (exact) mass is 302 g/mol. The molecule has 7 heteroatoms. The number of hydrogen-bond acceptors (Lipinski definition) is 2. The maximum absolute atomic E-state index is 12.1. The Kier molecular flexibility index (Phi) is 5.00. The van der Waals surface area contributed by atoms with E-state index in [-0.39, 0.29) is 5.96 Å². The van der Waals surface area contributed by atoms with Crippen molar-refractivity contribution < 1.29 is 8.78 Å². The zero-order valence-corrected chi connectivity index (χ0v) is 11.7. The van der Waals surface area contributed by atoms with Gasteiger partial charge in [-0.15, -0.1) is 0 Å². The van der Waals surface area contributed by atoms with E-state index in [4.69, 9.17) is 17.3 Å². The van der Waals surface area contributed by atoms with Crippen LogP contribution in [0.5, 0.6) is 0 Å². The van der Waals surface area contributed by atoms with Gasteiger partial charge in [0, 0.05) is 36.9 Å². The number of aliphatic imine (C=N–C) groups is 1. The highest BCUT2D eigenvalue weighted by Gasteiger charge is 2.18. The highest BCUT2D eigenvalue weighted by atomic mass is 35.5. The molecule has 20 heavy (non-hydrogen) atoms. The number of piperazine rings is 1. The standard InChI is InChI=1S/C13H17ClF2N4/c14-10-1-3-11(4-2-10)19-5-7-20(8-6-19)13(17)18-9-12(15)16/h1-4,12H,5-9H2,(H2,17,18). The van der Waals surface area contributed by atoms with Crippen LogP contribution in [0, 0.1) is 0 Å². The molecule has 1 aliphatic rings. The fourth-order valence-corrected chi connectivity index (χ4v) is 2.23. The summed E-state index contributed by atoms with van der Waals surface area (Å²) >= 11 is 5.86. The Morgan fingerprint density at radius 3 is 2.35 bits per heavy atom. The number of halogens is 3. The average molecular weight is 303 g/mol. The maximum atomic E-state index is 12.1. The van der Waals surface area contributed by atoms with Gasteiger partial charge in [0.1, 0.15) is 6.54 Å². The third-order valence-electron chi connectivity index (χ3n) is 3.19. The molecular formula is C13H17ClF2N4. The highest BCUT2D eigenvalue weighted by Crippen LogP contribution is 2.19. The second-order valence-electron chi connectivity index (χ2n) is 4.54. The fraction of sp³-hybridized carbons (Fsp3) is 0.462. The van der Waals surface area contributed by atoms with Crippen molar-refractivity contribution in [1.29, 1.82) is 0 Å². The molecule has 0 unspecified atom stereocenters. The van der Waals surface area contributed by atoms with Gasteiger partial charge in [-0.2, -0.15) is 0 Å². The van der Waals surface area contributed by atoms with Crippen molar-refractivity contribution in [2.24, 2.45) is 10.7 Å². The molecule has 1 aliphatic heterocycles. The lowest BCUT2D eigenvalue weighted by atomic mass is 10.2. The quantitative estimate of drug-likeness (QED) is 0.686. The Morgan fingerprint density at radius 1 is 1.20 bits per heavy atom. The molecule has 0 atom stereocenters. The number of rotatable bonds is 3. The van der Waals surface area contributed by atoms with Gasteiger partial charge in [0.2, 0.25) is 0 Å². The van der Waals surface area contributed by atoms with Gasteiger partial charge in [0.25, 0.3) is 6.43 Å². The summed E-state index contributed by atoms with van der Waals surface area (Å²) in [5.41, 5.74) is 6.80. The van der Waals surface area contributed by atoms with E-state index in [9.17, 15) is 8.78 Å². The van der Waals surface area contributed by atoms with Crippen molar-refractivity contribution in [3.63, 3.8) is 0 Å². The van der Waals surface area contributed by atoms with Gasteiger partial charge < -0.3 is 15.5 Å². The molecular weight excluding hydrogens is 286 g/mol. The largest absolute Gasteiger partial charge is 0.370 e. The summed E-state index contributed by atoms with van der Waals surface area (Å²) in [6, 6.07) is 7.63. The molecule has 0 radical (unpaired) electrons. The molecule has 0 saturated carbocycles. The van der Waals surface area contributed by atoms with E-state index in [1.807, 2.05) is 29.2 Å². The maximum Gasteiger partial charge on any atom is 0.257 e. The van der Waals surface area contributed by atoms with Gasteiger partial charge in [-0.1, -0.05) is 11.6 Å². The van der Waals surface area contributed by atoms with Crippen molar-refractivity contribution in [1.82, 2.24) is 4.90 Å². The van der Waals surface area contributed by atoms with Gasteiger partial charge in [-0.3, -0.25) is 0 Å². The first kappa shape index (κ1) is 14.8. The van der Waals surface area contributed by atoms with Crippen LogP contribution in [0.3, 0.4) is 0 Å². The van der Waals surface area contributed by atoms with Gasteiger partial charge in [0.05, 0.1) is 0 Å². The minimum absolute atomic E-state index is 0.195. The van der Waals surface area contributed by atoms with Crippen LogP contribution in [0.4, 0.5) is 14.5 Å². The van der Waals surface area contributed by atoms with Crippen LogP contribution in [-0.4, -0.2) is 50.0 Å². The number of benzene rings is 1. The van der Waals surface area contributed by atoms with Crippen molar-refractivity contribution >= 4 is 23.2 Å². The first-order valence-corrected chi connectivity index (χ1v) is 6.77. The van der Waals surface area contributed by atoms with Crippen LogP contribution in [0.1, 0.15) is 0 Å². The summed E-state index contributed by atoms with van der Waals surface area (Å²) in [6.45, 7) is 2.34. The molecule has 1 aromatic carbocycles. The second kappa shape index (κ2) is 6.74. The number of guanidine groups is 1. The van der Waals surface area contributed by atoms with E-state index < -0.39 is 13.0 Å². The van der Waals surface area contributed by atoms with Gasteiger partial charge >= 0.3 is 0 Å². The Hall–Kier alpha value is -1.56. The predicted octanol–water partition coefficient (Wildman–Crippen LogP) is 2.04. The number of alkyl halides is 2. The fourth-order valence-electron chi connectivity index (χ4n) is 2.11. The van der Waals surface area contributed by atoms with Gasteiger partial charge in [-0.05, 0) is 24.3 Å². The summed E-state index contributed by atoms with van der Waals surface area (Å²) < 4.78 is 24.2. The summed E-state index contributed by atoms with van der Waals surface area (Å²) in [4.78, 5) is 7.72. The van der Waals surface area contributed by atoms with Crippen LogP contribution in [0.2, 0.25) is 5.02 Å². The van der Waals surface area contributed by atoms with E-state index in [1.54, 1.807) is 0 Å². The normalized spacial score (nSPS) is 16.9. The molecule has 0 spiro atoms. The minimum atomic E-state index is -2.45. The van der Waals surface area contributed by atoms with Crippen LogP contribution >= 0.6 is 11.6 Å². The zero-order chi connectivity index (χ0) is 14.5. The summed E-state index contributed by atoms with van der Waals surface area (Å²) in [6.07, 6.45) is -2.45. The van der Waals surface area contributed by atoms with Crippen LogP contribution < -0.4 is 10.6 Å². The topological polar surface area (TPSA) is 44.9 Å². The third kappa shape index (κ3) is 3.96. The molecule has 1 saturated heterocycles. The molecule has 1 heterocycles. The first-order valence-electron chi connectivity index (χ1n) is 6.40. The van der Waals surface area contributed by atoms with E-state index in [0.29, 0.717) is 18.1 Å². The van der Waals surface area contributed by atoms with E-state index in [1.165, 1.54) is 0 Å². The molecule has 1 aromatic rings. The molecule has 0 aromatic heterocycles. The molecule has 0 amide bonds. The molecule has 0 bridgehead atoms. The molecule has 2 N–H and O–H groups in total. The summed E-state index contributed by atoms with van der Waals surface area (Å²) in [5.74, 6) is 0.195. The number of nitrogens with two attached hydrogens (primary N) is 1. The Bertz CT molecular complexity index is 456. The summed E-state index contributed by atoms with van der Waals surface area (Å²) in [7, 11) is 0. The molecule has 0 aliphatic carbocycles. The Labute approximate surface area is 121 Å². The van der Waals surface area contributed by atoms with Crippen LogP contribution in [-0.2, 0) is 0 Å². The predicted molar refractivity (Wildman–Crippen MR) is 77.7 cm³/mol. The molecule has 110 valence electrons. The first-order chi connectivity index (χ1) is 9.56. The minimum Gasteiger partial charge on any atom is -0.370 e. The number of anilines is 1. The van der Waals surface area contributed by atoms with Crippen molar-refractivity contribution in [2.75, 3.05) is 37.6 Å². The van der Waals surface area contributed by atoms with Crippen LogP contribution in [0.25, 0.3) is 0 Å². The third-order valence-corrected chi connectivity index (χ3v) is 3.44. The molecule has 2 rings (SSSR count). The molecule has 4 nitrogen and oxygen atoms in total. The van der Waals surface area contributed by atoms with Gasteiger partial charge in [0.15, 0.2) is 5.96 Å². The van der Waals surface area contributed by atoms with Crippen molar-refractivity contribution in [3.8, 4) is 0 Å². The lowest BCUT2D eigenvalue weighted by Gasteiger charge is -2.36. The average Bonchev–Trinajstić information content (AvgIpc) is 2.46. The lowest BCUT2D eigenvalue weighted by Crippen LogP contribution is -2.51. The SMILES string of the molecule is NC(=NCC(F)F)N1CCN(c2ccc(Cl)cc2)CC1. The Balaban J connectivity index is 1.89. The highest BCUT2D eigenvalue weighted by molar-refractivity contribution is 6.30. The van der Waals surface area contributed by atoms with E-state index in [2.05, 4.69) is 9.89 Å². The lowest BCUT2D eigenvalue weighted by molar-refractivity contribution is 0.158. The van der Waals surface area contributed by atoms with E-state index >= 15 is 0 Å². The van der Waals surface area contributed by atoms with Crippen molar-refractivity contribution in [2.45, 2.75) is 6.43 Å². The van der Waals surface area contributed by atoms with Crippen molar-refractivity contribution in [3.05, 3.63) is 29.3 Å². The zero-order valence-electron chi connectivity index (χ0n) is 11.0. The smallest absolute Gasteiger partial charge is 0.257 e. The van der Waals surface area contributed by atoms with Gasteiger partial charge in [-0.25, -0.2) is 13.8 Å². The second-order valence-corrected chi connectivity index (χ2v) is 4.98. The Morgan fingerprint density at radius 2 is 1.80 bits per heavy atom. The number of hydrogen-bond donors (Lipinski definition) is 1. The van der Waals surface area contributed by atoms with Crippen LogP contribution in [0.15, 0.2) is 29.3 Å². The summed E-state index contributed by atoms with van der Waals surface area (Å²) in [5, 5.41) is 0.704. The number of nitrogens with zero attached hydrogens (tertiary/aromatic N) is 3. The molecule has 1 fully saturated rings.